The van der Waals surface area contributed by atoms with Gasteiger partial charge in [0, 0.05) is 17.3 Å². The second-order valence-corrected chi connectivity index (χ2v) is 6.67. The molecule has 0 spiro atoms. The summed E-state index contributed by atoms with van der Waals surface area (Å²) in [7, 11) is 0. The van der Waals surface area contributed by atoms with Gasteiger partial charge in [0.1, 0.15) is 0 Å². The Morgan fingerprint density at radius 1 is 1.19 bits per heavy atom. The van der Waals surface area contributed by atoms with Crippen LogP contribution in [0.1, 0.15) is 39.5 Å². The third-order valence-electron chi connectivity index (χ3n) is 4.84. The van der Waals surface area contributed by atoms with Gasteiger partial charge in [-0.05, 0) is 31.1 Å². The van der Waals surface area contributed by atoms with E-state index in [0.717, 1.165) is 19.3 Å². The van der Waals surface area contributed by atoms with Crippen LogP contribution in [0.3, 0.4) is 0 Å². The molecule has 116 valence electrons. The van der Waals surface area contributed by atoms with E-state index in [0.29, 0.717) is 12.3 Å². The molecule has 0 radical (unpaired) electrons. The van der Waals surface area contributed by atoms with Crippen LogP contribution in [0.5, 0.6) is 0 Å². The standard InChI is InChI=1S/C16H24N2O3/c1-11-3-5-13(15(9-11)17-19)7-8-14-6-4-12(2)10-16(14)18(20)21/h4,6-8,11-16H,3,5,9-10H2,1-2H3/b8-7+/t11-,12-,13?,14?,15?,16-/m1/s1. The maximum Gasteiger partial charge on any atom is 0.223 e. The Balaban J connectivity index is 2.06. The molecule has 0 heterocycles. The summed E-state index contributed by atoms with van der Waals surface area (Å²) in [5, 5.41) is 14.5. The molecule has 0 aromatic carbocycles. The van der Waals surface area contributed by atoms with Crippen molar-refractivity contribution in [3.8, 4) is 0 Å². The van der Waals surface area contributed by atoms with E-state index < -0.39 is 6.04 Å². The monoisotopic (exact) mass is 292 g/mol. The van der Waals surface area contributed by atoms with Gasteiger partial charge in [0.25, 0.3) is 0 Å². The molecule has 3 unspecified atom stereocenters. The lowest BCUT2D eigenvalue weighted by molar-refractivity contribution is -0.530. The number of rotatable bonds is 4. The molecule has 1 fully saturated rings. The van der Waals surface area contributed by atoms with Crippen molar-refractivity contribution < 1.29 is 4.92 Å². The van der Waals surface area contributed by atoms with Gasteiger partial charge in [0.2, 0.25) is 6.04 Å². The normalized spacial score (nSPS) is 40.3. The Bertz CT molecular complexity index is 447. The average molecular weight is 292 g/mol. The molecule has 2 aliphatic carbocycles. The predicted octanol–water partition coefficient (Wildman–Crippen LogP) is 3.97. The highest BCUT2D eigenvalue weighted by atomic mass is 16.6. The van der Waals surface area contributed by atoms with Gasteiger partial charge in [-0.2, -0.15) is 4.91 Å². The molecule has 1 saturated carbocycles. The quantitative estimate of drug-likeness (QED) is 0.340. The topological polar surface area (TPSA) is 72.6 Å². The Morgan fingerprint density at radius 2 is 1.95 bits per heavy atom. The van der Waals surface area contributed by atoms with Crippen LogP contribution >= 0.6 is 0 Å². The van der Waals surface area contributed by atoms with Gasteiger partial charge in [0.15, 0.2) is 0 Å². The first kappa shape index (κ1) is 15.9. The number of nitrogens with zero attached hydrogens (tertiary/aromatic N) is 2. The summed E-state index contributed by atoms with van der Waals surface area (Å²) in [4.78, 5) is 22.0. The lowest BCUT2D eigenvalue weighted by atomic mass is 9.78. The Kier molecular flexibility index (Phi) is 5.26. The highest BCUT2D eigenvalue weighted by Crippen LogP contribution is 2.33. The van der Waals surface area contributed by atoms with Crippen LogP contribution in [0, 0.1) is 38.7 Å². The van der Waals surface area contributed by atoms with Crippen LogP contribution in [-0.2, 0) is 0 Å². The molecule has 5 nitrogen and oxygen atoms in total. The van der Waals surface area contributed by atoms with Crippen LogP contribution in [-0.4, -0.2) is 17.0 Å². The number of allylic oxidation sites excluding steroid dienone is 1. The summed E-state index contributed by atoms with van der Waals surface area (Å²) in [6.45, 7) is 4.15. The first-order valence-corrected chi connectivity index (χ1v) is 7.83. The largest absolute Gasteiger partial charge is 0.264 e. The van der Waals surface area contributed by atoms with Crippen molar-refractivity contribution in [2.24, 2.45) is 28.8 Å². The molecule has 21 heavy (non-hydrogen) atoms. The number of hydrogen-bond donors (Lipinski definition) is 0. The number of nitroso groups, excluding NO2 is 1. The highest BCUT2D eigenvalue weighted by molar-refractivity contribution is 5.11. The van der Waals surface area contributed by atoms with Gasteiger partial charge < -0.3 is 0 Å². The van der Waals surface area contributed by atoms with E-state index in [1.54, 1.807) is 0 Å². The molecule has 0 aromatic rings. The number of hydrogen-bond acceptors (Lipinski definition) is 4. The zero-order chi connectivity index (χ0) is 15.4. The van der Waals surface area contributed by atoms with E-state index in [4.69, 9.17) is 0 Å². The third-order valence-corrected chi connectivity index (χ3v) is 4.84. The van der Waals surface area contributed by atoms with Gasteiger partial charge in [0.05, 0.1) is 12.0 Å². The molecular weight excluding hydrogens is 268 g/mol. The fourth-order valence-corrected chi connectivity index (χ4v) is 3.47. The van der Waals surface area contributed by atoms with Gasteiger partial charge >= 0.3 is 0 Å². The predicted molar refractivity (Wildman–Crippen MR) is 82.4 cm³/mol. The minimum Gasteiger partial charge on any atom is -0.264 e. The molecule has 0 N–H and O–H groups in total. The first-order valence-electron chi connectivity index (χ1n) is 7.83. The van der Waals surface area contributed by atoms with E-state index in [9.17, 15) is 15.0 Å². The maximum atomic E-state index is 11.2. The third kappa shape index (κ3) is 3.99. The second kappa shape index (κ2) is 6.96. The van der Waals surface area contributed by atoms with Crippen molar-refractivity contribution in [1.82, 2.24) is 0 Å². The van der Waals surface area contributed by atoms with E-state index in [-0.39, 0.29) is 28.7 Å². The van der Waals surface area contributed by atoms with Crippen LogP contribution in [0.15, 0.2) is 29.5 Å². The second-order valence-electron chi connectivity index (χ2n) is 6.67. The SMILES string of the molecule is C[C@@H]1CCC(/C=C/C2C=C[C@@H](C)C[C@H]2[N+](=O)[O-])C(N=O)C1. The molecule has 0 saturated heterocycles. The Hall–Kier alpha value is -1.52. The molecule has 2 rings (SSSR count). The lowest BCUT2D eigenvalue weighted by Gasteiger charge is -2.29. The number of nitro groups is 1. The van der Waals surface area contributed by atoms with Crippen molar-refractivity contribution in [3.63, 3.8) is 0 Å². The minimum absolute atomic E-state index is 0.138. The first-order chi connectivity index (χ1) is 10.0. The molecule has 0 aromatic heterocycles. The summed E-state index contributed by atoms with van der Waals surface area (Å²) >= 11 is 0. The maximum absolute atomic E-state index is 11.2. The van der Waals surface area contributed by atoms with Crippen molar-refractivity contribution in [2.45, 2.75) is 51.6 Å². The zero-order valence-electron chi connectivity index (χ0n) is 12.7. The average Bonchev–Trinajstić information content (AvgIpc) is 2.46. The van der Waals surface area contributed by atoms with E-state index in [2.05, 4.69) is 12.1 Å². The summed E-state index contributed by atoms with van der Waals surface area (Å²) in [6.07, 6.45) is 11.4. The van der Waals surface area contributed by atoms with Crippen LogP contribution < -0.4 is 0 Å². The molecular formula is C16H24N2O3. The smallest absolute Gasteiger partial charge is 0.223 e. The van der Waals surface area contributed by atoms with Gasteiger partial charge in [-0.25, -0.2) is 0 Å². The Labute approximate surface area is 125 Å². The molecule has 0 amide bonds. The van der Waals surface area contributed by atoms with E-state index >= 15 is 0 Å². The summed E-state index contributed by atoms with van der Waals surface area (Å²) in [5.74, 6) is 0.769. The van der Waals surface area contributed by atoms with E-state index in [1.165, 1.54) is 0 Å². The Morgan fingerprint density at radius 3 is 2.62 bits per heavy atom. The van der Waals surface area contributed by atoms with Gasteiger partial charge in [-0.3, -0.25) is 10.1 Å². The summed E-state index contributed by atoms with van der Waals surface area (Å²) in [5.41, 5.74) is 0. The highest BCUT2D eigenvalue weighted by Gasteiger charge is 2.33. The summed E-state index contributed by atoms with van der Waals surface area (Å²) < 4.78 is 0. The minimum atomic E-state index is -0.550. The van der Waals surface area contributed by atoms with E-state index in [1.807, 2.05) is 31.2 Å². The molecule has 5 heteroatoms. The molecule has 6 atom stereocenters. The van der Waals surface area contributed by atoms with Crippen molar-refractivity contribution in [1.29, 1.82) is 0 Å². The molecule has 0 bridgehead atoms. The van der Waals surface area contributed by atoms with Crippen LogP contribution in [0.25, 0.3) is 0 Å². The van der Waals surface area contributed by atoms with Crippen molar-refractivity contribution in [3.05, 3.63) is 39.3 Å². The fraction of sp³-hybridized carbons (Fsp3) is 0.750. The van der Waals surface area contributed by atoms with Crippen LogP contribution in [0.2, 0.25) is 0 Å². The van der Waals surface area contributed by atoms with Crippen molar-refractivity contribution >= 4 is 0 Å². The lowest BCUT2D eigenvalue weighted by Crippen LogP contribution is -2.32. The zero-order valence-corrected chi connectivity index (χ0v) is 12.7. The van der Waals surface area contributed by atoms with Crippen molar-refractivity contribution in [2.75, 3.05) is 0 Å². The van der Waals surface area contributed by atoms with Crippen LogP contribution in [0.4, 0.5) is 0 Å². The summed E-state index contributed by atoms with van der Waals surface area (Å²) in [6, 6.07) is -0.725. The molecule has 0 aliphatic heterocycles. The van der Waals surface area contributed by atoms with Gasteiger partial charge in [-0.1, -0.05) is 43.3 Å². The van der Waals surface area contributed by atoms with Gasteiger partial charge in [-0.15, -0.1) is 0 Å². The fourth-order valence-electron chi connectivity index (χ4n) is 3.47. The molecule has 2 aliphatic rings.